The minimum atomic E-state index is -4.03. The van der Waals surface area contributed by atoms with Crippen molar-refractivity contribution in [3.05, 3.63) is 12.3 Å². The highest BCUT2D eigenvalue weighted by Gasteiger charge is 2.44. The third-order valence-corrected chi connectivity index (χ3v) is 5.77. The summed E-state index contributed by atoms with van der Waals surface area (Å²) < 4.78 is 43.9. The summed E-state index contributed by atoms with van der Waals surface area (Å²) in [6, 6.07) is 0.138. The van der Waals surface area contributed by atoms with E-state index in [2.05, 4.69) is 6.58 Å². The molecule has 23 heavy (non-hydrogen) atoms. The summed E-state index contributed by atoms with van der Waals surface area (Å²) in [4.78, 5) is 0. The van der Waals surface area contributed by atoms with Crippen LogP contribution < -0.4 is 5.73 Å². The van der Waals surface area contributed by atoms with Crippen molar-refractivity contribution >= 4 is 0 Å². The van der Waals surface area contributed by atoms with Crippen LogP contribution in [0.2, 0.25) is 0 Å². The van der Waals surface area contributed by atoms with Crippen molar-refractivity contribution in [2.45, 2.75) is 70.5 Å². The number of ether oxygens (including phenoxy) is 1. The molecule has 0 radical (unpaired) electrons. The average molecular weight is 333 g/mol. The van der Waals surface area contributed by atoms with E-state index in [1.807, 2.05) is 6.92 Å². The van der Waals surface area contributed by atoms with Gasteiger partial charge in [0.05, 0.1) is 18.3 Å². The molecule has 0 amide bonds. The second kappa shape index (κ2) is 7.91. The molecular weight excluding hydrogens is 303 g/mol. The first-order chi connectivity index (χ1) is 10.8. The predicted molar refractivity (Wildman–Crippen MR) is 85.7 cm³/mol. The Morgan fingerprint density at radius 3 is 2.35 bits per heavy atom. The zero-order valence-corrected chi connectivity index (χ0v) is 14.1. The van der Waals surface area contributed by atoms with Crippen LogP contribution in [0.5, 0.6) is 0 Å². The second-order valence-corrected chi connectivity index (χ2v) is 7.34. The van der Waals surface area contributed by atoms with Crippen LogP contribution in [0.4, 0.5) is 13.2 Å². The van der Waals surface area contributed by atoms with E-state index < -0.39 is 12.1 Å². The lowest BCUT2D eigenvalue weighted by atomic mass is 9.66. The molecule has 2 aliphatic rings. The van der Waals surface area contributed by atoms with E-state index in [4.69, 9.17) is 10.5 Å². The quantitative estimate of drug-likeness (QED) is 0.715. The lowest BCUT2D eigenvalue weighted by Crippen LogP contribution is -2.42. The van der Waals surface area contributed by atoms with Gasteiger partial charge in [-0.05, 0) is 69.6 Å². The highest BCUT2D eigenvalue weighted by molar-refractivity contribution is 4.93. The Bertz CT molecular complexity index is 388. The highest BCUT2D eigenvalue weighted by Crippen LogP contribution is 2.45. The number of hydrogen-bond acceptors (Lipinski definition) is 2. The van der Waals surface area contributed by atoms with Gasteiger partial charge in [0, 0.05) is 12.5 Å². The summed E-state index contributed by atoms with van der Waals surface area (Å²) in [5, 5.41) is 0. The average Bonchev–Trinajstić information content (AvgIpc) is 2.49. The number of rotatable bonds is 5. The summed E-state index contributed by atoms with van der Waals surface area (Å²) >= 11 is 0. The van der Waals surface area contributed by atoms with Crippen LogP contribution in [-0.2, 0) is 4.74 Å². The topological polar surface area (TPSA) is 35.2 Å². The van der Waals surface area contributed by atoms with Gasteiger partial charge in [-0.3, -0.25) is 0 Å². The fraction of sp³-hybridized carbons (Fsp3) is 0.889. The first kappa shape index (κ1) is 18.6. The van der Waals surface area contributed by atoms with Crippen molar-refractivity contribution in [3.63, 3.8) is 0 Å². The van der Waals surface area contributed by atoms with E-state index >= 15 is 0 Å². The summed E-state index contributed by atoms with van der Waals surface area (Å²) in [6.45, 7) is 6.54. The summed E-state index contributed by atoms with van der Waals surface area (Å²) in [5.41, 5.74) is 6.31. The van der Waals surface area contributed by atoms with E-state index in [1.54, 1.807) is 0 Å². The molecule has 0 heterocycles. The molecule has 2 aliphatic carbocycles. The molecule has 2 N–H and O–H groups in total. The molecule has 2 fully saturated rings. The number of hydrogen-bond donors (Lipinski definition) is 1. The molecule has 2 saturated carbocycles. The van der Waals surface area contributed by atoms with Gasteiger partial charge in [-0.1, -0.05) is 6.58 Å². The molecule has 0 saturated heterocycles. The molecule has 0 bridgehead atoms. The SMILES string of the molecule is C=C(C[C@@H]1CC[C@@H](N)[C@H](C2CCC(C(F)(F)F)CC2)C1)OCC. The summed E-state index contributed by atoms with van der Waals surface area (Å²) in [7, 11) is 0. The van der Waals surface area contributed by atoms with Crippen LogP contribution in [0.1, 0.15) is 58.3 Å². The Morgan fingerprint density at radius 2 is 1.78 bits per heavy atom. The predicted octanol–water partition coefficient (Wildman–Crippen LogP) is 5.04. The zero-order chi connectivity index (χ0) is 17.0. The Kier molecular flexibility index (Phi) is 6.40. The van der Waals surface area contributed by atoms with Gasteiger partial charge in [0.1, 0.15) is 0 Å². The standard InChI is InChI=1S/C18H30F3NO/c1-3-23-12(2)10-13-4-9-17(22)16(11-13)14-5-7-15(8-6-14)18(19,20)21/h13-17H,2-11,22H2,1H3/t13-,14?,15?,16-,17+/m0/s1. The molecular formula is C18H30F3NO. The van der Waals surface area contributed by atoms with Crippen LogP contribution in [0.3, 0.4) is 0 Å². The number of allylic oxidation sites excluding steroid dienone is 1. The van der Waals surface area contributed by atoms with Crippen molar-refractivity contribution in [2.24, 2.45) is 29.4 Å². The molecule has 0 unspecified atom stereocenters. The summed E-state index contributed by atoms with van der Waals surface area (Å²) in [6.07, 6.45) is 1.75. The molecule has 2 nitrogen and oxygen atoms in total. The van der Waals surface area contributed by atoms with Crippen LogP contribution in [0.15, 0.2) is 12.3 Å². The van der Waals surface area contributed by atoms with Crippen molar-refractivity contribution in [2.75, 3.05) is 6.61 Å². The van der Waals surface area contributed by atoms with E-state index in [9.17, 15) is 13.2 Å². The Hall–Kier alpha value is -0.710. The zero-order valence-electron chi connectivity index (χ0n) is 14.1. The van der Waals surface area contributed by atoms with Crippen LogP contribution >= 0.6 is 0 Å². The smallest absolute Gasteiger partial charge is 0.391 e. The van der Waals surface area contributed by atoms with Gasteiger partial charge in [0.2, 0.25) is 0 Å². The highest BCUT2D eigenvalue weighted by atomic mass is 19.4. The number of nitrogens with two attached hydrogens (primary N) is 1. The molecule has 0 aliphatic heterocycles. The van der Waals surface area contributed by atoms with E-state index in [0.717, 1.165) is 31.4 Å². The van der Waals surface area contributed by atoms with Gasteiger partial charge in [0.25, 0.3) is 0 Å². The van der Waals surface area contributed by atoms with Crippen LogP contribution in [0, 0.1) is 23.7 Å². The molecule has 0 aromatic heterocycles. The van der Waals surface area contributed by atoms with E-state index in [-0.39, 0.29) is 18.9 Å². The lowest BCUT2D eigenvalue weighted by Gasteiger charge is -2.42. The van der Waals surface area contributed by atoms with Gasteiger partial charge in [-0.25, -0.2) is 0 Å². The third-order valence-electron chi connectivity index (χ3n) is 5.77. The maximum absolute atomic E-state index is 12.8. The Balaban J connectivity index is 1.87. The molecule has 0 aromatic rings. The molecule has 0 spiro atoms. The first-order valence-electron chi connectivity index (χ1n) is 8.94. The molecule has 5 heteroatoms. The van der Waals surface area contributed by atoms with Gasteiger partial charge in [-0.2, -0.15) is 13.2 Å². The van der Waals surface area contributed by atoms with Crippen molar-refractivity contribution in [1.29, 1.82) is 0 Å². The molecule has 2 rings (SSSR count). The van der Waals surface area contributed by atoms with E-state index in [1.165, 1.54) is 0 Å². The van der Waals surface area contributed by atoms with Crippen molar-refractivity contribution in [1.82, 2.24) is 0 Å². The maximum Gasteiger partial charge on any atom is 0.391 e. The molecule has 3 atom stereocenters. The largest absolute Gasteiger partial charge is 0.499 e. The number of halogens is 3. The van der Waals surface area contributed by atoms with Crippen LogP contribution in [-0.4, -0.2) is 18.8 Å². The minimum absolute atomic E-state index is 0.138. The normalized spacial score (nSPS) is 35.8. The Morgan fingerprint density at radius 1 is 1.13 bits per heavy atom. The first-order valence-corrected chi connectivity index (χ1v) is 8.94. The van der Waals surface area contributed by atoms with Crippen LogP contribution in [0.25, 0.3) is 0 Å². The Labute approximate surface area is 137 Å². The van der Waals surface area contributed by atoms with E-state index in [0.29, 0.717) is 37.2 Å². The van der Waals surface area contributed by atoms with Crippen molar-refractivity contribution in [3.8, 4) is 0 Å². The number of alkyl halides is 3. The second-order valence-electron chi connectivity index (χ2n) is 7.34. The van der Waals surface area contributed by atoms with Gasteiger partial charge < -0.3 is 10.5 Å². The fourth-order valence-corrected chi connectivity index (χ4v) is 4.51. The van der Waals surface area contributed by atoms with Gasteiger partial charge in [0.15, 0.2) is 0 Å². The lowest BCUT2D eigenvalue weighted by molar-refractivity contribution is -0.185. The maximum atomic E-state index is 12.8. The summed E-state index contributed by atoms with van der Waals surface area (Å²) in [5.74, 6) is 0.947. The van der Waals surface area contributed by atoms with Crippen molar-refractivity contribution < 1.29 is 17.9 Å². The molecule has 0 aromatic carbocycles. The third kappa shape index (κ3) is 5.13. The minimum Gasteiger partial charge on any atom is -0.499 e. The monoisotopic (exact) mass is 333 g/mol. The molecule has 134 valence electrons. The van der Waals surface area contributed by atoms with Gasteiger partial charge >= 0.3 is 6.18 Å². The fourth-order valence-electron chi connectivity index (χ4n) is 4.51. The van der Waals surface area contributed by atoms with Gasteiger partial charge in [-0.15, -0.1) is 0 Å².